The van der Waals surface area contributed by atoms with Gasteiger partial charge in [0.05, 0.1) is 5.69 Å². The number of nitrogens with zero attached hydrogens (tertiary/aromatic N) is 1. The summed E-state index contributed by atoms with van der Waals surface area (Å²) in [5.41, 5.74) is 0.310. The first-order valence-corrected chi connectivity index (χ1v) is 3.98. The van der Waals surface area contributed by atoms with Crippen molar-refractivity contribution in [3.05, 3.63) is 11.8 Å². The van der Waals surface area contributed by atoms with Gasteiger partial charge in [0.25, 0.3) is 0 Å². The molecule has 0 unspecified atom stereocenters. The molecule has 1 aromatic rings. The van der Waals surface area contributed by atoms with Gasteiger partial charge in [-0.25, -0.2) is 9.36 Å². The lowest BCUT2D eigenvalue weighted by Crippen LogP contribution is -2.10. The first kappa shape index (κ1) is 7.97. The molecule has 5 heteroatoms. The molecule has 1 saturated carbocycles. The maximum absolute atomic E-state index is 10.7. The molecule has 0 atom stereocenters. The fourth-order valence-corrected chi connectivity index (χ4v) is 1.45. The van der Waals surface area contributed by atoms with Crippen molar-refractivity contribution >= 4 is 6.09 Å². The molecule has 1 heterocycles. The predicted octanol–water partition coefficient (Wildman–Crippen LogP) is 1.30. The summed E-state index contributed by atoms with van der Waals surface area (Å²) in [6.07, 6.45) is 0.467. The summed E-state index contributed by atoms with van der Waals surface area (Å²) < 4.78 is 0.729. The van der Waals surface area contributed by atoms with Crippen LogP contribution in [0.25, 0.3) is 0 Å². The van der Waals surface area contributed by atoms with Crippen molar-refractivity contribution < 1.29 is 20.1 Å². The Bertz CT molecular complexity index is 364. The van der Waals surface area contributed by atoms with Gasteiger partial charge < -0.3 is 15.3 Å². The molecule has 0 radical (unpaired) electrons. The van der Waals surface area contributed by atoms with Gasteiger partial charge >= 0.3 is 6.09 Å². The Morgan fingerprint density at radius 1 is 1.46 bits per heavy atom. The molecule has 1 aliphatic rings. The molecule has 13 heavy (non-hydrogen) atoms. The van der Waals surface area contributed by atoms with E-state index >= 15 is 0 Å². The highest BCUT2D eigenvalue weighted by molar-refractivity contribution is 5.73. The summed E-state index contributed by atoms with van der Waals surface area (Å²) in [5, 5.41) is 27.2. The fraction of sp³-hybridized carbons (Fsp3) is 0.375. The van der Waals surface area contributed by atoms with Gasteiger partial charge in [0.15, 0.2) is 0 Å². The lowest BCUT2D eigenvalue weighted by atomic mass is 10.3. The highest BCUT2D eigenvalue weighted by Gasteiger charge is 2.33. The summed E-state index contributed by atoms with van der Waals surface area (Å²) in [4.78, 5) is 10.7. The molecule has 0 bridgehead atoms. The molecule has 0 aliphatic heterocycles. The maximum Gasteiger partial charge on any atom is 0.418 e. The van der Waals surface area contributed by atoms with Gasteiger partial charge in [0.2, 0.25) is 5.88 Å². The highest BCUT2D eigenvalue weighted by atomic mass is 16.4. The van der Waals surface area contributed by atoms with E-state index in [0.29, 0.717) is 5.69 Å². The summed E-state index contributed by atoms with van der Waals surface area (Å²) in [6, 6.07) is 1.06. The summed E-state index contributed by atoms with van der Waals surface area (Å²) in [7, 11) is 0. The van der Waals surface area contributed by atoms with E-state index in [0.717, 1.165) is 23.5 Å². The Morgan fingerprint density at radius 3 is 2.54 bits per heavy atom. The van der Waals surface area contributed by atoms with Gasteiger partial charge in [-0.15, -0.1) is 0 Å². The van der Waals surface area contributed by atoms with E-state index in [1.807, 2.05) is 0 Å². The third kappa shape index (κ3) is 1.12. The SMILES string of the molecule is O=C(O)n1c(O)cc(O)c1C1CC1. The van der Waals surface area contributed by atoms with Gasteiger partial charge in [-0.05, 0) is 12.8 Å². The van der Waals surface area contributed by atoms with Crippen LogP contribution in [0.15, 0.2) is 6.07 Å². The van der Waals surface area contributed by atoms with Gasteiger partial charge in [0.1, 0.15) is 5.75 Å². The van der Waals surface area contributed by atoms with E-state index < -0.39 is 12.0 Å². The van der Waals surface area contributed by atoms with Crippen molar-refractivity contribution in [2.45, 2.75) is 18.8 Å². The topological polar surface area (TPSA) is 82.7 Å². The largest absolute Gasteiger partial charge is 0.506 e. The Morgan fingerprint density at radius 2 is 2.08 bits per heavy atom. The highest BCUT2D eigenvalue weighted by Crippen LogP contribution is 2.46. The third-order valence-corrected chi connectivity index (χ3v) is 2.15. The molecule has 0 spiro atoms. The zero-order valence-electron chi connectivity index (χ0n) is 6.77. The van der Waals surface area contributed by atoms with Gasteiger partial charge in [0, 0.05) is 12.0 Å². The lowest BCUT2D eigenvalue weighted by molar-refractivity contribution is 0.192. The Kier molecular flexibility index (Phi) is 1.48. The number of hydrogen-bond acceptors (Lipinski definition) is 3. The summed E-state index contributed by atoms with van der Waals surface area (Å²) >= 11 is 0. The van der Waals surface area contributed by atoms with Gasteiger partial charge in [-0.1, -0.05) is 0 Å². The van der Waals surface area contributed by atoms with Crippen LogP contribution in [-0.4, -0.2) is 26.0 Å². The molecule has 3 N–H and O–H groups in total. The van der Waals surface area contributed by atoms with Crippen molar-refractivity contribution in [1.29, 1.82) is 0 Å². The molecule has 0 aromatic carbocycles. The van der Waals surface area contributed by atoms with Gasteiger partial charge in [-0.2, -0.15) is 0 Å². The van der Waals surface area contributed by atoms with E-state index in [1.54, 1.807) is 0 Å². The molecule has 5 nitrogen and oxygen atoms in total. The normalized spacial score (nSPS) is 16.0. The summed E-state index contributed by atoms with van der Waals surface area (Å²) in [6.45, 7) is 0. The van der Waals surface area contributed by atoms with E-state index in [2.05, 4.69) is 0 Å². The standard InChI is InChI=1S/C8H9NO4/c10-5-3-6(11)9(8(12)13)7(5)4-1-2-4/h3-4,10-11H,1-2H2,(H,12,13). The van der Waals surface area contributed by atoms with Crippen molar-refractivity contribution in [3.63, 3.8) is 0 Å². The lowest BCUT2D eigenvalue weighted by Gasteiger charge is -2.02. The molecule has 0 saturated heterocycles. The van der Waals surface area contributed by atoms with Crippen LogP contribution in [0.2, 0.25) is 0 Å². The Labute approximate surface area is 73.8 Å². The molecule has 1 fully saturated rings. The van der Waals surface area contributed by atoms with Crippen molar-refractivity contribution in [2.24, 2.45) is 0 Å². The second kappa shape index (κ2) is 2.42. The molecule has 0 amide bonds. The number of hydrogen-bond donors (Lipinski definition) is 3. The van der Waals surface area contributed by atoms with E-state index in [1.165, 1.54) is 0 Å². The third-order valence-electron chi connectivity index (χ3n) is 2.15. The zero-order valence-corrected chi connectivity index (χ0v) is 6.77. The predicted molar refractivity (Wildman–Crippen MR) is 43.2 cm³/mol. The van der Waals surface area contributed by atoms with Crippen LogP contribution in [0.4, 0.5) is 4.79 Å². The molecule has 70 valence electrons. The second-order valence-electron chi connectivity index (χ2n) is 3.17. The average molecular weight is 183 g/mol. The number of carbonyl (C=O) groups is 1. The smallest absolute Gasteiger partial charge is 0.418 e. The quantitative estimate of drug-likeness (QED) is 0.612. The minimum absolute atomic E-state index is 0.0806. The number of rotatable bonds is 1. The first-order valence-electron chi connectivity index (χ1n) is 3.98. The van der Waals surface area contributed by atoms with Crippen molar-refractivity contribution in [3.8, 4) is 11.6 Å². The zero-order chi connectivity index (χ0) is 9.59. The van der Waals surface area contributed by atoms with Crippen LogP contribution in [-0.2, 0) is 0 Å². The minimum atomic E-state index is -1.26. The first-order chi connectivity index (χ1) is 6.11. The minimum Gasteiger partial charge on any atom is -0.506 e. The van der Waals surface area contributed by atoms with E-state index in [-0.39, 0.29) is 11.7 Å². The van der Waals surface area contributed by atoms with Crippen LogP contribution < -0.4 is 0 Å². The van der Waals surface area contributed by atoms with Crippen LogP contribution >= 0.6 is 0 Å². The van der Waals surface area contributed by atoms with Crippen LogP contribution in [0.5, 0.6) is 11.6 Å². The average Bonchev–Trinajstić information content (AvgIpc) is 2.77. The molecule has 1 aliphatic carbocycles. The monoisotopic (exact) mass is 183 g/mol. The molecule has 1 aromatic heterocycles. The number of aromatic nitrogens is 1. The van der Waals surface area contributed by atoms with Crippen LogP contribution in [0, 0.1) is 0 Å². The molecular weight excluding hydrogens is 174 g/mol. The van der Waals surface area contributed by atoms with Gasteiger partial charge in [-0.3, -0.25) is 0 Å². The maximum atomic E-state index is 10.7. The number of aromatic hydroxyl groups is 2. The van der Waals surface area contributed by atoms with Crippen molar-refractivity contribution in [2.75, 3.05) is 0 Å². The van der Waals surface area contributed by atoms with Crippen molar-refractivity contribution in [1.82, 2.24) is 4.57 Å². The Hall–Kier alpha value is -1.65. The van der Waals surface area contributed by atoms with Crippen LogP contribution in [0.3, 0.4) is 0 Å². The fourth-order valence-electron chi connectivity index (χ4n) is 1.45. The number of carboxylic acid groups (broad SMARTS) is 1. The Balaban J connectivity index is 2.56. The molecular formula is C8H9NO4. The summed E-state index contributed by atoms with van der Waals surface area (Å²) in [5.74, 6) is -0.480. The van der Waals surface area contributed by atoms with E-state index in [4.69, 9.17) is 5.11 Å². The van der Waals surface area contributed by atoms with E-state index in [9.17, 15) is 15.0 Å². The second-order valence-corrected chi connectivity index (χ2v) is 3.17. The van der Waals surface area contributed by atoms with Crippen LogP contribution in [0.1, 0.15) is 24.5 Å². The molecule has 2 rings (SSSR count).